The highest BCUT2D eigenvalue weighted by atomic mass is 16.5. The van der Waals surface area contributed by atoms with E-state index in [4.69, 9.17) is 4.74 Å². The fourth-order valence-corrected chi connectivity index (χ4v) is 2.44. The molecule has 19 heavy (non-hydrogen) atoms. The number of carbonyl (C=O) groups excluding carboxylic acids is 1. The Bertz CT molecular complexity index is 307. The van der Waals surface area contributed by atoms with Crippen LogP contribution in [0.3, 0.4) is 0 Å². The van der Waals surface area contributed by atoms with Crippen molar-refractivity contribution in [3.05, 3.63) is 0 Å². The summed E-state index contributed by atoms with van der Waals surface area (Å²) in [6.45, 7) is 4.33. The molecule has 5 nitrogen and oxygen atoms in total. The molecule has 1 fully saturated rings. The number of carboxylic acid groups (broad SMARTS) is 1. The number of rotatable bonds is 7. The van der Waals surface area contributed by atoms with Crippen molar-refractivity contribution in [2.75, 3.05) is 6.61 Å². The van der Waals surface area contributed by atoms with Crippen molar-refractivity contribution in [3.8, 4) is 0 Å². The largest absolute Gasteiger partial charge is 0.480 e. The first-order valence-corrected chi connectivity index (χ1v) is 7.20. The van der Waals surface area contributed by atoms with Crippen molar-refractivity contribution in [3.63, 3.8) is 0 Å². The van der Waals surface area contributed by atoms with E-state index in [0.717, 1.165) is 25.9 Å². The van der Waals surface area contributed by atoms with Crippen molar-refractivity contribution in [1.29, 1.82) is 0 Å². The van der Waals surface area contributed by atoms with Crippen LogP contribution >= 0.6 is 0 Å². The van der Waals surface area contributed by atoms with E-state index in [1.165, 1.54) is 0 Å². The van der Waals surface area contributed by atoms with Crippen molar-refractivity contribution >= 4 is 11.9 Å². The molecule has 0 bridgehead atoms. The third-order valence-corrected chi connectivity index (χ3v) is 3.96. The first kappa shape index (κ1) is 16.0. The molecule has 0 aromatic carbocycles. The van der Waals surface area contributed by atoms with Gasteiger partial charge in [-0.25, -0.2) is 4.79 Å². The maximum atomic E-state index is 11.9. The standard InChI is InChI=1S/C14H25NO4/c1-3-14(4-2,13(17)18)15-12(16)9-8-11-7-5-6-10-19-11/h11H,3-10H2,1-2H3,(H,15,16)(H,17,18). The van der Waals surface area contributed by atoms with Crippen LogP contribution in [0.1, 0.15) is 58.8 Å². The van der Waals surface area contributed by atoms with Gasteiger partial charge in [-0.3, -0.25) is 4.79 Å². The minimum absolute atomic E-state index is 0.155. The van der Waals surface area contributed by atoms with Gasteiger partial charge in [-0.05, 0) is 38.5 Å². The Morgan fingerprint density at radius 3 is 2.47 bits per heavy atom. The summed E-state index contributed by atoms with van der Waals surface area (Å²) in [7, 11) is 0. The molecule has 1 atom stereocenters. The molecule has 0 aromatic rings. The number of aliphatic carboxylic acids is 1. The van der Waals surface area contributed by atoms with E-state index in [1.54, 1.807) is 13.8 Å². The highest BCUT2D eigenvalue weighted by Gasteiger charge is 2.36. The minimum atomic E-state index is -1.12. The van der Waals surface area contributed by atoms with Gasteiger partial charge in [0.05, 0.1) is 6.10 Å². The van der Waals surface area contributed by atoms with Crippen LogP contribution in [0.25, 0.3) is 0 Å². The summed E-state index contributed by atoms with van der Waals surface area (Å²) in [5, 5.41) is 11.9. The van der Waals surface area contributed by atoms with Crippen LogP contribution in [0.4, 0.5) is 0 Å². The predicted molar refractivity (Wildman–Crippen MR) is 71.9 cm³/mol. The zero-order valence-electron chi connectivity index (χ0n) is 11.9. The van der Waals surface area contributed by atoms with E-state index in [9.17, 15) is 14.7 Å². The normalized spacial score (nSPS) is 20.0. The number of amides is 1. The lowest BCUT2D eigenvalue weighted by atomic mass is 9.92. The van der Waals surface area contributed by atoms with E-state index >= 15 is 0 Å². The predicted octanol–water partition coefficient (Wildman–Crippen LogP) is 2.10. The minimum Gasteiger partial charge on any atom is -0.480 e. The molecule has 0 spiro atoms. The van der Waals surface area contributed by atoms with E-state index in [1.807, 2.05) is 0 Å². The van der Waals surface area contributed by atoms with E-state index in [2.05, 4.69) is 5.32 Å². The SMILES string of the molecule is CCC(CC)(NC(=O)CCC1CCCCO1)C(=O)O. The summed E-state index contributed by atoms with van der Waals surface area (Å²) in [4.78, 5) is 23.2. The molecule has 5 heteroatoms. The molecule has 1 amide bonds. The van der Waals surface area contributed by atoms with Crippen LogP contribution in [-0.2, 0) is 14.3 Å². The summed E-state index contributed by atoms with van der Waals surface area (Å²) in [6, 6.07) is 0. The van der Waals surface area contributed by atoms with Gasteiger partial charge >= 0.3 is 5.97 Å². The third-order valence-electron chi connectivity index (χ3n) is 3.96. The summed E-state index contributed by atoms with van der Waals surface area (Å²) >= 11 is 0. The van der Waals surface area contributed by atoms with Gasteiger partial charge in [0.1, 0.15) is 5.54 Å². The van der Waals surface area contributed by atoms with Gasteiger partial charge in [0.15, 0.2) is 0 Å². The molecule has 0 aromatic heterocycles. The van der Waals surface area contributed by atoms with Gasteiger partial charge in [0, 0.05) is 13.0 Å². The Morgan fingerprint density at radius 2 is 2.00 bits per heavy atom. The molecule has 0 radical (unpaired) electrons. The summed E-state index contributed by atoms with van der Waals surface area (Å²) in [5.41, 5.74) is -1.12. The van der Waals surface area contributed by atoms with Crippen molar-refractivity contribution in [2.24, 2.45) is 0 Å². The number of hydrogen-bond donors (Lipinski definition) is 2. The Labute approximate surface area is 114 Å². The maximum Gasteiger partial charge on any atom is 0.329 e. The van der Waals surface area contributed by atoms with Gasteiger partial charge in [0.25, 0.3) is 0 Å². The second-order valence-corrected chi connectivity index (χ2v) is 5.17. The van der Waals surface area contributed by atoms with E-state index < -0.39 is 11.5 Å². The quantitative estimate of drug-likeness (QED) is 0.743. The fourth-order valence-electron chi connectivity index (χ4n) is 2.44. The summed E-state index contributed by atoms with van der Waals surface area (Å²) < 4.78 is 5.56. The fraction of sp³-hybridized carbons (Fsp3) is 0.857. The first-order valence-electron chi connectivity index (χ1n) is 7.20. The van der Waals surface area contributed by atoms with Crippen LogP contribution in [-0.4, -0.2) is 35.2 Å². The number of nitrogens with one attached hydrogen (secondary N) is 1. The van der Waals surface area contributed by atoms with E-state index in [-0.39, 0.29) is 12.0 Å². The Balaban J connectivity index is 2.42. The van der Waals surface area contributed by atoms with Crippen LogP contribution < -0.4 is 5.32 Å². The number of carboxylic acids is 1. The third kappa shape index (κ3) is 4.49. The lowest BCUT2D eigenvalue weighted by Gasteiger charge is -2.28. The van der Waals surface area contributed by atoms with Crippen molar-refractivity contribution in [1.82, 2.24) is 5.32 Å². The lowest BCUT2D eigenvalue weighted by Crippen LogP contribution is -2.53. The number of ether oxygens (including phenoxy) is 1. The molecule has 0 saturated carbocycles. The molecule has 2 N–H and O–H groups in total. The van der Waals surface area contributed by atoms with Crippen LogP contribution in [0.15, 0.2) is 0 Å². The van der Waals surface area contributed by atoms with Crippen LogP contribution in [0.2, 0.25) is 0 Å². The van der Waals surface area contributed by atoms with Gasteiger partial charge < -0.3 is 15.2 Å². The van der Waals surface area contributed by atoms with Gasteiger partial charge in [-0.1, -0.05) is 13.8 Å². The summed E-state index contributed by atoms with van der Waals surface area (Å²) in [5.74, 6) is -1.15. The van der Waals surface area contributed by atoms with Gasteiger partial charge in [-0.2, -0.15) is 0 Å². The highest BCUT2D eigenvalue weighted by Crippen LogP contribution is 2.19. The Hall–Kier alpha value is -1.10. The second kappa shape index (κ2) is 7.48. The topological polar surface area (TPSA) is 75.6 Å². The molecule has 1 saturated heterocycles. The van der Waals surface area contributed by atoms with Crippen molar-refractivity contribution in [2.45, 2.75) is 70.4 Å². The molecular weight excluding hydrogens is 246 g/mol. The van der Waals surface area contributed by atoms with E-state index in [0.29, 0.717) is 25.7 Å². The molecule has 1 rings (SSSR count). The van der Waals surface area contributed by atoms with Crippen LogP contribution in [0, 0.1) is 0 Å². The van der Waals surface area contributed by atoms with Crippen LogP contribution in [0.5, 0.6) is 0 Å². The van der Waals surface area contributed by atoms with Crippen molar-refractivity contribution < 1.29 is 19.4 Å². The number of carbonyl (C=O) groups is 2. The smallest absolute Gasteiger partial charge is 0.329 e. The zero-order valence-corrected chi connectivity index (χ0v) is 11.9. The number of hydrogen-bond acceptors (Lipinski definition) is 3. The molecule has 1 heterocycles. The molecule has 0 aliphatic carbocycles. The Kier molecular flexibility index (Phi) is 6.28. The average molecular weight is 271 g/mol. The van der Waals surface area contributed by atoms with Gasteiger partial charge in [0.2, 0.25) is 5.91 Å². The monoisotopic (exact) mass is 271 g/mol. The lowest BCUT2D eigenvalue weighted by molar-refractivity contribution is -0.148. The molecular formula is C14H25NO4. The first-order chi connectivity index (χ1) is 9.04. The molecule has 1 aliphatic rings. The van der Waals surface area contributed by atoms with Gasteiger partial charge in [-0.15, -0.1) is 0 Å². The maximum absolute atomic E-state index is 11.9. The molecule has 1 aliphatic heterocycles. The zero-order chi connectivity index (χ0) is 14.3. The Morgan fingerprint density at radius 1 is 1.32 bits per heavy atom. The highest BCUT2D eigenvalue weighted by molar-refractivity contribution is 5.86. The molecule has 1 unspecified atom stereocenters. The molecule has 110 valence electrons. The summed E-state index contributed by atoms with van der Waals surface area (Å²) in [6.07, 6.45) is 5.19. The average Bonchev–Trinajstić information content (AvgIpc) is 2.43. The second-order valence-electron chi connectivity index (χ2n) is 5.17.